The molecule has 0 radical (unpaired) electrons. The smallest absolute Gasteiger partial charge is 0.214 e. The maximum atomic E-state index is 9.65. The summed E-state index contributed by atoms with van der Waals surface area (Å²) in [6.07, 6.45) is -0.282. The van der Waals surface area contributed by atoms with E-state index in [0.29, 0.717) is 23.9 Å². The minimum atomic E-state index is -0.571. The van der Waals surface area contributed by atoms with Gasteiger partial charge in [0, 0.05) is 24.3 Å². The Bertz CT molecular complexity index is 1610. The highest BCUT2D eigenvalue weighted by Gasteiger charge is 2.32. The van der Waals surface area contributed by atoms with Crippen LogP contribution in [0.3, 0.4) is 0 Å². The number of hydrogen-bond acceptors (Lipinski definition) is 9. The van der Waals surface area contributed by atoms with Crippen LogP contribution >= 0.6 is 11.8 Å². The molecule has 1 aliphatic heterocycles. The van der Waals surface area contributed by atoms with Gasteiger partial charge in [0.25, 0.3) is 0 Å². The Morgan fingerprint density at radius 1 is 0.881 bits per heavy atom. The topological polar surface area (TPSA) is 129 Å². The summed E-state index contributed by atoms with van der Waals surface area (Å²) in [7, 11) is 0. The van der Waals surface area contributed by atoms with E-state index in [1.807, 2.05) is 54.6 Å². The minimum Gasteiger partial charge on any atom is -0.508 e. The lowest BCUT2D eigenvalue weighted by Crippen LogP contribution is -2.31. The summed E-state index contributed by atoms with van der Waals surface area (Å²) >= 11 is 1.50. The fraction of sp³-hybridized carbons (Fsp3) is 0.219. The lowest BCUT2D eigenvalue weighted by molar-refractivity contribution is -0.245. The number of rotatable bonds is 9. The van der Waals surface area contributed by atoms with Crippen molar-refractivity contribution in [3.05, 3.63) is 119 Å². The number of phenols is 1. The van der Waals surface area contributed by atoms with E-state index >= 15 is 0 Å². The molecule has 42 heavy (non-hydrogen) atoms. The number of nitrogens with zero attached hydrogens (tertiary/aromatic N) is 4. The van der Waals surface area contributed by atoms with Crippen LogP contribution in [0, 0.1) is 0 Å². The van der Waals surface area contributed by atoms with Crippen LogP contribution in [0.15, 0.2) is 102 Å². The predicted octanol–water partition coefficient (Wildman–Crippen LogP) is 5.32. The van der Waals surface area contributed by atoms with Gasteiger partial charge in [-0.05, 0) is 62.5 Å². The molecule has 0 bridgehead atoms. The molecule has 1 aliphatic rings. The number of benzene rings is 4. The van der Waals surface area contributed by atoms with E-state index in [-0.39, 0.29) is 24.6 Å². The first-order valence-electron chi connectivity index (χ1n) is 13.7. The molecule has 10 heteroatoms. The van der Waals surface area contributed by atoms with Crippen LogP contribution in [0.2, 0.25) is 0 Å². The molecule has 1 aromatic heterocycles. The lowest BCUT2D eigenvalue weighted by atomic mass is 9.98. The molecule has 0 amide bonds. The van der Waals surface area contributed by atoms with Crippen LogP contribution in [-0.4, -0.2) is 42.3 Å². The van der Waals surface area contributed by atoms with Crippen LogP contribution < -0.4 is 5.73 Å². The summed E-state index contributed by atoms with van der Waals surface area (Å²) in [5.74, 6) is 0.781. The first-order chi connectivity index (χ1) is 20.6. The van der Waals surface area contributed by atoms with Gasteiger partial charge in [0.05, 0.1) is 24.5 Å². The molecule has 0 unspecified atom stereocenters. The standard InChI is InChI=1S/C32H31N5O4S/c33-18-25-3-1-2-4-29(25)22-9-11-24(12-10-22)31-40-28(17-30(41-31)23-7-5-21(19-38)6-8-23)20-42-32-34-35-36-37(32)26-13-15-27(39)16-14-26/h1-16,28,30-31,38-39H,17-20,33H2/t28-,30+,31+/m0/s1. The van der Waals surface area contributed by atoms with Crippen molar-refractivity contribution in [3.8, 4) is 22.6 Å². The maximum Gasteiger partial charge on any atom is 0.214 e. The predicted molar refractivity (Wildman–Crippen MR) is 160 cm³/mol. The van der Waals surface area contributed by atoms with Crippen molar-refractivity contribution >= 4 is 11.8 Å². The molecule has 9 nitrogen and oxygen atoms in total. The second-order valence-electron chi connectivity index (χ2n) is 10.0. The van der Waals surface area contributed by atoms with Gasteiger partial charge in [-0.15, -0.1) is 5.10 Å². The fourth-order valence-electron chi connectivity index (χ4n) is 5.01. The largest absolute Gasteiger partial charge is 0.508 e. The van der Waals surface area contributed by atoms with Crippen LogP contribution in [0.25, 0.3) is 16.8 Å². The van der Waals surface area contributed by atoms with Gasteiger partial charge in [0.2, 0.25) is 5.16 Å². The van der Waals surface area contributed by atoms with Crippen molar-refractivity contribution in [2.45, 2.75) is 43.2 Å². The highest BCUT2D eigenvalue weighted by atomic mass is 32.2. The van der Waals surface area contributed by atoms with E-state index < -0.39 is 6.29 Å². The van der Waals surface area contributed by atoms with Crippen molar-refractivity contribution < 1.29 is 19.7 Å². The highest BCUT2D eigenvalue weighted by molar-refractivity contribution is 7.99. The Balaban J connectivity index is 1.23. The quantitative estimate of drug-likeness (QED) is 0.198. The van der Waals surface area contributed by atoms with Crippen LogP contribution in [0.4, 0.5) is 0 Å². The first-order valence-corrected chi connectivity index (χ1v) is 14.7. The molecule has 4 aromatic carbocycles. The second-order valence-corrected chi connectivity index (χ2v) is 11.0. The Labute approximate surface area is 247 Å². The Kier molecular flexibility index (Phi) is 8.59. The number of phenolic OH excluding ortho intramolecular Hbond substituents is 1. The van der Waals surface area contributed by atoms with Gasteiger partial charge in [-0.25, -0.2) is 0 Å². The van der Waals surface area contributed by atoms with Gasteiger partial charge in [-0.3, -0.25) is 0 Å². The van der Waals surface area contributed by atoms with Crippen LogP contribution in [0.5, 0.6) is 5.75 Å². The highest BCUT2D eigenvalue weighted by Crippen LogP contribution is 2.40. The molecule has 3 atom stereocenters. The number of nitrogens with two attached hydrogens (primary N) is 1. The monoisotopic (exact) mass is 581 g/mol. The normalized spacial score (nSPS) is 18.7. The Hall–Kier alpha value is -4.06. The Morgan fingerprint density at radius 3 is 2.36 bits per heavy atom. The van der Waals surface area contributed by atoms with Gasteiger partial charge in [0.1, 0.15) is 5.75 Å². The second kappa shape index (κ2) is 12.8. The van der Waals surface area contributed by atoms with E-state index in [9.17, 15) is 10.2 Å². The summed E-state index contributed by atoms with van der Waals surface area (Å²) in [6, 6.07) is 30.9. The third-order valence-corrected chi connectivity index (χ3v) is 8.33. The van der Waals surface area contributed by atoms with Crippen molar-refractivity contribution in [2.75, 3.05) is 5.75 Å². The van der Waals surface area contributed by atoms with E-state index in [1.165, 1.54) is 11.8 Å². The minimum absolute atomic E-state index is 0.00775. The molecule has 0 spiro atoms. The molecule has 1 saturated heterocycles. The molecule has 2 heterocycles. The summed E-state index contributed by atoms with van der Waals surface area (Å²) < 4.78 is 14.7. The van der Waals surface area contributed by atoms with Crippen LogP contribution in [-0.2, 0) is 22.6 Å². The van der Waals surface area contributed by atoms with Gasteiger partial charge in [0.15, 0.2) is 6.29 Å². The molecule has 5 aromatic rings. The van der Waals surface area contributed by atoms with Gasteiger partial charge in [-0.2, -0.15) is 4.68 Å². The molecule has 4 N–H and O–H groups in total. The summed E-state index contributed by atoms with van der Waals surface area (Å²) in [5.41, 5.74) is 12.8. The van der Waals surface area contributed by atoms with Crippen molar-refractivity contribution in [1.29, 1.82) is 0 Å². The lowest BCUT2D eigenvalue weighted by Gasteiger charge is -2.36. The molecule has 0 saturated carbocycles. The number of hydrogen-bond donors (Lipinski definition) is 3. The average molecular weight is 582 g/mol. The molecule has 1 fully saturated rings. The van der Waals surface area contributed by atoms with E-state index in [4.69, 9.17) is 15.2 Å². The summed E-state index contributed by atoms with van der Waals surface area (Å²) in [4.78, 5) is 0. The van der Waals surface area contributed by atoms with Crippen molar-refractivity contribution in [1.82, 2.24) is 20.2 Å². The molecular formula is C32H31N5O4S. The third kappa shape index (κ3) is 6.23. The number of thioether (sulfide) groups is 1. The first kappa shape index (κ1) is 28.1. The van der Waals surface area contributed by atoms with E-state index in [2.05, 4.69) is 33.7 Å². The summed E-state index contributed by atoms with van der Waals surface area (Å²) in [5, 5.41) is 32.0. The van der Waals surface area contributed by atoms with Crippen LogP contribution in [0.1, 0.15) is 41.1 Å². The van der Waals surface area contributed by atoms with E-state index in [1.54, 1.807) is 28.9 Å². The number of tetrazole rings is 1. The Morgan fingerprint density at radius 2 is 1.62 bits per heavy atom. The SMILES string of the molecule is NCc1ccccc1-c1ccc([C@@H]2O[C@H](CSc3nnnn3-c3ccc(O)cc3)C[C@H](c3ccc(CO)cc3)O2)cc1. The van der Waals surface area contributed by atoms with Gasteiger partial charge >= 0.3 is 0 Å². The number of aromatic hydroxyl groups is 1. The van der Waals surface area contributed by atoms with Gasteiger partial charge in [-0.1, -0.05) is 84.6 Å². The zero-order valence-corrected chi connectivity index (χ0v) is 23.6. The number of aliphatic hydroxyl groups is 1. The number of aliphatic hydroxyl groups excluding tert-OH is 1. The number of aromatic nitrogens is 4. The third-order valence-electron chi connectivity index (χ3n) is 7.28. The molecule has 214 valence electrons. The van der Waals surface area contributed by atoms with Crippen molar-refractivity contribution in [2.24, 2.45) is 5.73 Å². The maximum absolute atomic E-state index is 9.65. The van der Waals surface area contributed by atoms with Gasteiger partial charge < -0.3 is 25.4 Å². The fourth-order valence-corrected chi connectivity index (χ4v) is 5.92. The summed E-state index contributed by atoms with van der Waals surface area (Å²) in [6.45, 7) is 0.463. The van der Waals surface area contributed by atoms with E-state index in [0.717, 1.165) is 39.1 Å². The zero-order chi connectivity index (χ0) is 28.9. The molecule has 0 aliphatic carbocycles. The zero-order valence-electron chi connectivity index (χ0n) is 22.8. The number of ether oxygens (including phenoxy) is 2. The van der Waals surface area contributed by atoms with Crippen molar-refractivity contribution in [3.63, 3.8) is 0 Å². The molecular weight excluding hydrogens is 550 g/mol. The average Bonchev–Trinajstić information content (AvgIpc) is 3.53. The molecule has 6 rings (SSSR count).